The molecule has 2 N–H and O–H groups in total. The molecule has 0 aliphatic rings. The Morgan fingerprint density at radius 3 is 2.34 bits per heavy atom. The molecule has 0 spiro atoms. The molecular weight excluding hydrogens is 408 g/mol. The lowest BCUT2D eigenvalue weighted by Crippen LogP contribution is -2.45. The van der Waals surface area contributed by atoms with Gasteiger partial charge in [-0.05, 0) is 36.6 Å². The summed E-state index contributed by atoms with van der Waals surface area (Å²) in [4.78, 5) is 6.68. The first-order valence-electron chi connectivity index (χ1n) is 10.1. The van der Waals surface area contributed by atoms with Gasteiger partial charge in [0.15, 0.2) is 5.96 Å². The van der Waals surface area contributed by atoms with Crippen LogP contribution in [0.3, 0.4) is 0 Å². The summed E-state index contributed by atoms with van der Waals surface area (Å²) in [5.74, 6) is 0.881. The van der Waals surface area contributed by atoms with Crippen LogP contribution in [0, 0.1) is 5.41 Å². The summed E-state index contributed by atoms with van der Waals surface area (Å²) < 4.78 is 22.9. The van der Waals surface area contributed by atoms with Crippen molar-refractivity contribution in [1.29, 1.82) is 0 Å². The maximum Gasteiger partial charge on any atom is 0.191 e. The number of likely N-dealkylation sites (N-methyl/N-ethyl adjacent to an activating group) is 1. The molecule has 166 valence electrons. The SMILES string of the molecule is CCN(CC)C(CNC(=NC)NCC(C)(C)CCS(C)(=O)=O)c1ccccc1Cl. The zero-order valence-electron chi connectivity index (χ0n) is 18.6. The maximum atomic E-state index is 11.5. The number of nitrogens with one attached hydrogen (secondary N) is 2. The number of benzene rings is 1. The van der Waals surface area contributed by atoms with E-state index in [1.807, 2.05) is 18.2 Å². The largest absolute Gasteiger partial charge is 0.356 e. The van der Waals surface area contributed by atoms with Crippen molar-refractivity contribution < 1.29 is 8.42 Å². The number of aliphatic imine (C=N–C) groups is 1. The van der Waals surface area contributed by atoms with Gasteiger partial charge >= 0.3 is 0 Å². The van der Waals surface area contributed by atoms with E-state index in [1.165, 1.54) is 6.26 Å². The Kier molecular flexibility index (Phi) is 10.4. The minimum absolute atomic E-state index is 0.121. The molecule has 0 aromatic heterocycles. The van der Waals surface area contributed by atoms with Crippen LogP contribution < -0.4 is 10.6 Å². The Balaban J connectivity index is 2.77. The summed E-state index contributed by atoms with van der Waals surface area (Å²) >= 11 is 6.47. The van der Waals surface area contributed by atoms with Crippen molar-refractivity contribution in [2.75, 3.05) is 45.2 Å². The van der Waals surface area contributed by atoms with E-state index in [1.54, 1.807) is 7.05 Å². The highest BCUT2D eigenvalue weighted by Crippen LogP contribution is 2.27. The lowest BCUT2D eigenvalue weighted by molar-refractivity contribution is 0.219. The van der Waals surface area contributed by atoms with Gasteiger partial charge in [-0.25, -0.2) is 8.42 Å². The Hall–Kier alpha value is -1.31. The summed E-state index contributed by atoms with van der Waals surface area (Å²) in [6.07, 6.45) is 1.87. The van der Waals surface area contributed by atoms with Crippen LogP contribution in [0.1, 0.15) is 45.7 Å². The molecular formula is C21H37ClN4O2S. The predicted molar refractivity (Wildman–Crippen MR) is 125 cm³/mol. The van der Waals surface area contributed by atoms with Gasteiger partial charge in [0.25, 0.3) is 0 Å². The first-order chi connectivity index (χ1) is 13.5. The highest BCUT2D eigenvalue weighted by atomic mass is 35.5. The lowest BCUT2D eigenvalue weighted by atomic mass is 9.90. The second-order valence-corrected chi connectivity index (χ2v) is 10.8. The Morgan fingerprint density at radius 2 is 1.83 bits per heavy atom. The van der Waals surface area contributed by atoms with Crippen LogP contribution in [0.25, 0.3) is 0 Å². The predicted octanol–water partition coefficient (Wildman–Crippen LogP) is 3.35. The van der Waals surface area contributed by atoms with Crippen LogP contribution >= 0.6 is 11.6 Å². The third kappa shape index (κ3) is 9.36. The molecule has 0 radical (unpaired) electrons. The second kappa shape index (κ2) is 11.8. The molecule has 6 nitrogen and oxygen atoms in total. The second-order valence-electron chi connectivity index (χ2n) is 8.11. The van der Waals surface area contributed by atoms with E-state index in [4.69, 9.17) is 11.6 Å². The third-order valence-electron chi connectivity index (χ3n) is 5.09. The maximum absolute atomic E-state index is 11.5. The first-order valence-corrected chi connectivity index (χ1v) is 12.6. The van der Waals surface area contributed by atoms with Gasteiger partial charge in [-0.2, -0.15) is 0 Å². The van der Waals surface area contributed by atoms with Crippen molar-refractivity contribution in [3.05, 3.63) is 34.9 Å². The zero-order valence-corrected chi connectivity index (χ0v) is 20.2. The van der Waals surface area contributed by atoms with E-state index in [9.17, 15) is 8.42 Å². The van der Waals surface area contributed by atoms with E-state index >= 15 is 0 Å². The molecule has 1 rings (SSSR count). The van der Waals surface area contributed by atoms with Crippen LogP contribution in [0.2, 0.25) is 5.02 Å². The smallest absolute Gasteiger partial charge is 0.191 e. The van der Waals surface area contributed by atoms with Gasteiger partial charge in [-0.15, -0.1) is 0 Å². The fourth-order valence-corrected chi connectivity index (χ4v) is 4.32. The third-order valence-corrected chi connectivity index (χ3v) is 6.38. The summed E-state index contributed by atoms with van der Waals surface area (Å²) in [5.41, 5.74) is 0.927. The standard InChI is InChI=1S/C21H37ClN4O2S/c1-7-26(8-2)19(17-11-9-10-12-18(17)22)15-24-20(23-5)25-16-21(3,4)13-14-29(6,27)28/h9-12,19H,7-8,13-16H2,1-6H3,(H2,23,24,25). The molecule has 1 unspecified atom stereocenters. The molecule has 0 aliphatic heterocycles. The molecule has 1 aromatic rings. The summed E-state index contributed by atoms with van der Waals surface area (Å²) in [5, 5.41) is 7.50. The van der Waals surface area contributed by atoms with E-state index in [-0.39, 0.29) is 17.2 Å². The van der Waals surface area contributed by atoms with E-state index in [0.717, 1.165) is 23.7 Å². The van der Waals surface area contributed by atoms with Crippen LogP contribution in [-0.2, 0) is 9.84 Å². The fraction of sp³-hybridized carbons (Fsp3) is 0.667. The molecule has 0 saturated heterocycles. The Morgan fingerprint density at radius 1 is 1.21 bits per heavy atom. The summed E-state index contributed by atoms with van der Waals surface area (Å²) in [7, 11) is -1.23. The minimum atomic E-state index is -2.96. The van der Waals surface area contributed by atoms with Crippen molar-refractivity contribution in [1.82, 2.24) is 15.5 Å². The molecule has 29 heavy (non-hydrogen) atoms. The molecule has 0 bridgehead atoms. The molecule has 0 amide bonds. The van der Waals surface area contributed by atoms with Crippen molar-refractivity contribution in [2.45, 2.75) is 40.2 Å². The number of rotatable bonds is 11. The van der Waals surface area contributed by atoms with Gasteiger partial charge in [0.05, 0.1) is 11.8 Å². The Bertz CT molecular complexity index is 762. The van der Waals surface area contributed by atoms with Crippen LogP contribution in [0.15, 0.2) is 29.3 Å². The van der Waals surface area contributed by atoms with Gasteiger partial charge in [0, 0.05) is 31.4 Å². The molecule has 8 heteroatoms. The molecule has 0 heterocycles. The van der Waals surface area contributed by atoms with Gasteiger partial charge < -0.3 is 10.6 Å². The number of hydrogen-bond donors (Lipinski definition) is 2. The van der Waals surface area contributed by atoms with E-state index in [0.29, 0.717) is 25.5 Å². The average molecular weight is 445 g/mol. The number of halogens is 1. The fourth-order valence-electron chi connectivity index (χ4n) is 3.13. The van der Waals surface area contributed by atoms with Crippen molar-refractivity contribution in [2.24, 2.45) is 10.4 Å². The number of sulfone groups is 1. The molecule has 1 atom stereocenters. The highest BCUT2D eigenvalue weighted by Gasteiger charge is 2.23. The molecule has 1 aromatic carbocycles. The lowest BCUT2D eigenvalue weighted by Gasteiger charge is -2.32. The van der Waals surface area contributed by atoms with Gasteiger partial charge in [0.1, 0.15) is 9.84 Å². The van der Waals surface area contributed by atoms with Crippen LogP contribution in [0.5, 0.6) is 0 Å². The molecule has 0 aliphatic carbocycles. The van der Waals surface area contributed by atoms with Gasteiger partial charge in [-0.3, -0.25) is 9.89 Å². The number of guanidine groups is 1. The Labute approximate surface area is 182 Å². The van der Waals surface area contributed by atoms with Crippen molar-refractivity contribution >= 4 is 27.4 Å². The van der Waals surface area contributed by atoms with Gasteiger partial charge in [0.2, 0.25) is 0 Å². The van der Waals surface area contributed by atoms with Crippen molar-refractivity contribution in [3.63, 3.8) is 0 Å². The summed E-state index contributed by atoms with van der Waals surface area (Å²) in [6.45, 7) is 11.5. The zero-order chi connectivity index (χ0) is 22.1. The highest BCUT2D eigenvalue weighted by molar-refractivity contribution is 7.90. The monoisotopic (exact) mass is 444 g/mol. The quantitative estimate of drug-likeness (QED) is 0.404. The van der Waals surface area contributed by atoms with E-state index in [2.05, 4.69) is 54.3 Å². The van der Waals surface area contributed by atoms with Crippen LogP contribution in [0.4, 0.5) is 0 Å². The number of hydrogen-bond acceptors (Lipinski definition) is 4. The normalized spacial score (nSPS) is 14.1. The summed E-state index contributed by atoms with van der Waals surface area (Å²) in [6, 6.07) is 8.06. The first kappa shape index (κ1) is 25.7. The number of nitrogens with zero attached hydrogens (tertiary/aromatic N) is 2. The average Bonchev–Trinajstić information content (AvgIpc) is 2.66. The van der Waals surface area contributed by atoms with Crippen LogP contribution in [-0.4, -0.2) is 64.5 Å². The van der Waals surface area contributed by atoms with Crippen molar-refractivity contribution in [3.8, 4) is 0 Å². The topological polar surface area (TPSA) is 73.8 Å². The van der Waals surface area contributed by atoms with Gasteiger partial charge in [-0.1, -0.05) is 57.5 Å². The molecule has 0 saturated carbocycles. The minimum Gasteiger partial charge on any atom is -0.356 e. The van der Waals surface area contributed by atoms with E-state index < -0.39 is 9.84 Å². The molecule has 0 fully saturated rings.